The molecule has 2 atom stereocenters. The zero-order valence-electron chi connectivity index (χ0n) is 21.2. The van der Waals surface area contributed by atoms with Crippen LogP contribution in [0.4, 0.5) is 0 Å². The number of hydrogen-bond acceptors (Lipinski definition) is 5. The Hall–Kier alpha value is -3.32. The summed E-state index contributed by atoms with van der Waals surface area (Å²) in [4.78, 5) is 15.8. The Bertz CT molecular complexity index is 1410. The van der Waals surface area contributed by atoms with Crippen LogP contribution in [0.5, 0.6) is 0 Å². The van der Waals surface area contributed by atoms with Crippen molar-refractivity contribution in [3.8, 4) is 0 Å². The Kier molecular flexibility index (Phi) is 7.13. The number of rotatable bonds is 9. The second-order valence-electron chi connectivity index (χ2n) is 10.0. The van der Waals surface area contributed by atoms with Crippen LogP contribution in [0.25, 0.3) is 11.0 Å². The van der Waals surface area contributed by atoms with Gasteiger partial charge in [-0.3, -0.25) is 9.88 Å². The lowest BCUT2D eigenvalue weighted by Gasteiger charge is -2.34. The number of aromatic nitrogens is 3. The molecule has 1 aliphatic carbocycles. The van der Waals surface area contributed by atoms with Gasteiger partial charge in [0.05, 0.1) is 29.3 Å². The summed E-state index contributed by atoms with van der Waals surface area (Å²) < 4.78 is 0. The van der Waals surface area contributed by atoms with Crippen molar-refractivity contribution in [3.63, 3.8) is 0 Å². The molecule has 188 valence electrons. The normalized spacial score (nSPS) is 16.2. The minimum Gasteiger partial charge on any atom is -0.341 e. The van der Waals surface area contributed by atoms with Crippen LogP contribution >= 0.6 is 11.3 Å². The van der Waals surface area contributed by atoms with Crippen molar-refractivity contribution in [2.75, 3.05) is 0 Å². The van der Waals surface area contributed by atoms with Gasteiger partial charge in [-0.15, -0.1) is 0 Å². The van der Waals surface area contributed by atoms with E-state index in [1.54, 1.807) is 11.3 Å². The highest BCUT2D eigenvalue weighted by Crippen LogP contribution is 2.34. The molecule has 0 fully saturated rings. The molecule has 1 aliphatic rings. The Balaban J connectivity index is 1.21. The number of H-pyrrole nitrogens is 1. The molecule has 0 amide bonds. The van der Waals surface area contributed by atoms with Crippen molar-refractivity contribution >= 4 is 22.4 Å². The van der Waals surface area contributed by atoms with Gasteiger partial charge in [-0.2, -0.15) is 11.3 Å². The predicted octanol–water partition coefficient (Wildman–Crippen LogP) is 6.95. The summed E-state index contributed by atoms with van der Waals surface area (Å²) in [5.41, 5.74) is 8.70. The number of aromatic amines is 1. The topological polar surface area (TPSA) is 56.8 Å². The summed E-state index contributed by atoms with van der Waals surface area (Å²) >= 11 is 1.75. The number of fused-ring (bicyclic) bond motifs is 2. The van der Waals surface area contributed by atoms with E-state index >= 15 is 0 Å². The largest absolute Gasteiger partial charge is 0.341 e. The smallest absolute Gasteiger partial charge is 0.121 e. The van der Waals surface area contributed by atoms with Gasteiger partial charge < -0.3 is 10.3 Å². The molecule has 2 unspecified atom stereocenters. The lowest BCUT2D eigenvalue weighted by atomic mass is 9.90. The van der Waals surface area contributed by atoms with Gasteiger partial charge in [0.25, 0.3) is 0 Å². The molecule has 5 nitrogen and oxygen atoms in total. The maximum atomic E-state index is 4.90. The monoisotopic (exact) mass is 507 g/mol. The molecule has 0 bridgehead atoms. The lowest BCUT2D eigenvalue weighted by molar-refractivity contribution is 0.153. The summed E-state index contributed by atoms with van der Waals surface area (Å²) in [6.45, 7) is 4.70. The van der Waals surface area contributed by atoms with Crippen LogP contribution in [0.15, 0.2) is 83.7 Å². The average Bonchev–Trinajstić information content (AvgIpc) is 3.62. The van der Waals surface area contributed by atoms with Crippen LogP contribution < -0.4 is 5.32 Å². The maximum Gasteiger partial charge on any atom is 0.121 e. The van der Waals surface area contributed by atoms with Gasteiger partial charge in [0.2, 0.25) is 0 Å². The van der Waals surface area contributed by atoms with E-state index in [4.69, 9.17) is 9.97 Å². The molecule has 3 aromatic heterocycles. The number of nitrogens with zero attached hydrogens (tertiary/aromatic N) is 3. The molecule has 6 heteroatoms. The van der Waals surface area contributed by atoms with Crippen molar-refractivity contribution in [2.45, 2.75) is 57.9 Å². The van der Waals surface area contributed by atoms with Gasteiger partial charge in [0, 0.05) is 25.3 Å². The number of aryl methyl sites for hydroxylation is 1. The van der Waals surface area contributed by atoms with E-state index in [1.165, 1.54) is 34.4 Å². The van der Waals surface area contributed by atoms with E-state index in [9.17, 15) is 0 Å². The fourth-order valence-electron chi connectivity index (χ4n) is 5.40. The molecule has 0 radical (unpaired) electrons. The van der Waals surface area contributed by atoms with E-state index in [1.807, 2.05) is 12.3 Å². The molecular formula is C31H33N5S. The Morgan fingerprint density at radius 3 is 2.73 bits per heavy atom. The summed E-state index contributed by atoms with van der Waals surface area (Å²) in [6.07, 6.45) is 5.36. The van der Waals surface area contributed by atoms with Gasteiger partial charge in [-0.1, -0.05) is 42.5 Å². The minimum absolute atomic E-state index is 0.283. The van der Waals surface area contributed by atoms with E-state index < -0.39 is 0 Å². The quantitative estimate of drug-likeness (QED) is 0.227. The van der Waals surface area contributed by atoms with Crippen LogP contribution in [-0.4, -0.2) is 19.9 Å². The standard InChI is InChI=1S/C31H33N5S/c1-22(26-15-17-37-21-26)33-18-23-11-13-24(14-12-23)19-36(20-30-34-27-8-2-3-9-28(27)35-30)29-10-4-6-25-7-5-16-32-31(25)29/h2-3,5,7-9,11-17,21-22,29,33H,4,6,10,18-20H2,1H3,(H,34,35). The zero-order valence-corrected chi connectivity index (χ0v) is 22.0. The van der Waals surface area contributed by atoms with Gasteiger partial charge in [0.15, 0.2) is 0 Å². The summed E-state index contributed by atoms with van der Waals surface area (Å²) in [5.74, 6) is 1.01. The lowest BCUT2D eigenvalue weighted by Crippen LogP contribution is -2.31. The van der Waals surface area contributed by atoms with Crippen LogP contribution in [0.1, 0.15) is 65.6 Å². The van der Waals surface area contributed by atoms with Gasteiger partial charge in [-0.05, 0) is 83.5 Å². The first-order chi connectivity index (χ1) is 18.2. The van der Waals surface area contributed by atoms with Gasteiger partial charge in [-0.25, -0.2) is 4.98 Å². The third kappa shape index (κ3) is 5.52. The third-order valence-electron chi connectivity index (χ3n) is 7.46. The van der Waals surface area contributed by atoms with Crippen molar-refractivity contribution in [3.05, 3.63) is 117 Å². The van der Waals surface area contributed by atoms with Gasteiger partial charge >= 0.3 is 0 Å². The van der Waals surface area contributed by atoms with Gasteiger partial charge in [0.1, 0.15) is 5.82 Å². The number of benzene rings is 2. The Morgan fingerprint density at radius 2 is 1.89 bits per heavy atom. The molecule has 6 rings (SSSR count). The first-order valence-corrected chi connectivity index (χ1v) is 14.1. The summed E-state index contributed by atoms with van der Waals surface area (Å²) in [5, 5.41) is 8.00. The van der Waals surface area contributed by atoms with E-state index in [-0.39, 0.29) is 6.04 Å². The second kappa shape index (κ2) is 11.0. The van der Waals surface area contributed by atoms with Crippen LogP contribution in [0.2, 0.25) is 0 Å². The number of thiophene rings is 1. The maximum absolute atomic E-state index is 4.90. The summed E-state index contributed by atoms with van der Waals surface area (Å²) in [6, 6.07) is 24.5. The van der Waals surface area contributed by atoms with E-state index in [0.29, 0.717) is 6.04 Å². The molecule has 0 aliphatic heterocycles. The molecule has 0 saturated carbocycles. The van der Waals surface area contributed by atoms with Crippen LogP contribution in [0.3, 0.4) is 0 Å². The molecule has 2 N–H and O–H groups in total. The minimum atomic E-state index is 0.283. The third-order valence-corrected chi connectivity index (χ3v) is 8.16. The van der Waals surface area contributed by atoms with Crippen molar-refractivity contribution in [1.82, 2.24) is 25.2 Å². The second-order valence-corrected chi connectivity index (χ2v) is 10.8. The van der Waals surface area contributed by atoms with E-state index in [2.05, 4.69) is 93.5 Å². The summed E-state index contributed by atoms with van der Waals surface area (Å²) in [7, 11) is 0. The molecule has 5 aromatic rings. The number of para-hydroxylation sites is 2. The van der Waals surface area contributed by atoms with Crippen LogP contribution in [0, 0.1) is 0 Å². The van der Waals surface area contributed by atoms with Crippen molar-refractivity contribution in [2.24, 2.45) is 0 Å². The Labute approximate surface area is 222 Å². The SMILES string of the molecule is CC(NCc1ccc(CN(Cc2nc3ccccc3[nH]2)C2CCCc3cccnc32)cc1)c1ccsc1. The number of imidazole rings is 1. The highest BCUT2D eigenvalue weighted by Gasteiger charge is 2.28. The fourth-order valence-corrected chi connectivity index (χ4v) is 6.15. The molecular weight excluding hydrogens is 474 g/mol. The fraction of sp³-hybridized carbons (Fsp3) is 0.290. The number of nitrogens with one attached hydrogen (secondary N) is 2. The first-order valence-electron chi connectivity index (χ1n) is 13.2. The Morgan fingerprint density at radius 1 is 1.03 bits per heavy atom. The first kappa shape index (κ1) is 24.0. The molecule has 3 heterocycles. The number of hydrogen-bond donors (Lipinski definition) is 2. The highest BCUT2D eigenvalue weighted by atomic mass is 32.1. The molecule has 0 saturated heterocycles. The van der Waals surface area contributed by atoms with Crippen LogP contribution in [-0.2, 0) is 26.1 Å². The molecule has 37 heavy (non-hydrogen) atoms. The molecule has 0 spiro atoms. The average molecular weight is 508 g/mol. The predicted molar refractivity (Wildman–Crippen MR) is 151 cm³/mol. The zero-order chi connectivity index (χ0) is 25.0. The van der Waals surface area contributed by atoms with E-state index in [0.717, 1.165) is 49.3 Å². The van der Waals surface area contributed by atoms with Crippen molar-refractivity contribution < 1.29 is 0 Å². The number of pyridine rings is 1. The molecule has 2 aromatic carbocycles. The van der Waals surface area contributed by atoms with Crippen molar-refractivity contribution in [1.29, 1.82) is 0 Å². The highest BCUT2D eigenvalue weighted by molar-refractivity contribution is 7.07.